The number of aliphatic hydroxyl groups excluding tert-OH is 1. The van der Waals surface area contributed by atoms with E-state index in [1.54, 1.807) is 18.9 Å². The van der Waals surface area contributed by atoms with Gasteiger partial charge >= 0.3 is 0 Å². The molecule has 0 saturated carbocycles. The first-order valence-electron chi connectivity index (χ1n) is 5.15. The summed E-state index contributed by atoms with van der Waals surface area (Å²) < 4.78 is 1.16. The highest BCUT2D eigenvalue weighted by Gasteiger charge is 2.11. The first kappa shape index (κ1) is 13.4. The van der Waals surface area contributed by atoms with Gasteiger partial charge in [0.2, 0.25) is 5.91 Å². The molecule has 1 atom stereocenters. The molecule has 0 aliphatic carbocycles. The lowest BCUT2D eigenvalue weighted by molar-refractivity contribution is -0.130. The van der Waals surface area contributed by atoms with Crippen molar-refractivity contribution in [3.63, 3.8) is 0 Å². The van der Waals surface area contributed by atoms with Crippen molar-refractivity contribution in [1.82, 2.24) is 4.90 Å². The van der Waals surface area contributed by atoms with Crippen LogP contribution in [0.5, 0.6) is 0 Å². The summed E-state index contributed by atoms with van der Waals surface area (Å²) in [4.78, 5) is 13.3. The first-order valence-corrected chi connectivity index (χ1v) is 6.23. The highest BCUT2D eigenvalue weighted by Crippen LogP contribution is 2.08. The molecule has 1 aromatic carbocycles. The third-order valence-corrected chi connectivity index (χ3v) is 2.95. The predicted octanol–water partition coefficient (Wildman–Crippen LogP) is 1.67. The zero-order valence-electron chi connectivity index (χ0n) is 9.48. The van der Waals surface area contributed by atoms with Crippen molar-refractivity contribution in [2.75, 3.05) is 13.6 Å². The number of aliphatic hydroxyl groups is 1. The van der Waals surface area contributed by atoms with E-state index in [2.05, 4.69) is 22.6 Å². The molecule has 0 bridgehead atoms. The summed E-state index contributed by atoms with van der Waals surface area (Å²) >= 11 is 2.23. The van der Waals surface area contributed by atoms with Gasteiger partial charge in [-0.3, -0.25) is 4.79 Å². The average Bonchev–Trinajstić information content (AvgIpc) is 2.20. The highest BCUT2D eigenvalue weighted by molar-refractivity contribution is 14.1. The number of amides is 1. The normalized spacial score (nSPS) is 12.2. The van der Waals surface area contributed by atoms with Gasteiger partial charge in [0.15, 0.2) is 0 Å². The molecule has 0 aromatic heterocycles. The maximum absolute atomic E-state index is 11.7. The van der Waals surface area contributed by atoms with E-state index in [1.165, 1.54) is 0 Å². The maximum atomic E-state index is 11.7. The standard InChI is InChI=1S/C12H16INO2/c1-9(15)8-14(2)12(16)7-10-3-5-11(13)6-4-10/h3-6,9,15H,7-8H2,1-2H3/t9-/m1/s1. The smallest absolute Gasteiger partial charge is 0.226 e. The Hall–Kier alpha value is -0.620. The number of halogens is 1. The number of nitrogens with zero attached hydrogens (tertiary/aromatic N) is 1. The van der Waals surface area contributed by atoms with Gasteiger partial charge in [0, 0.05) is 17.2 Å². The molecule has 0 aliphatic rings. The van der Waals surface area contributed by atoms with Gasteiger partial charge < -0.3 is 10.0 Å². The Morgan fingerprint density at radius 3 is 2.50 bits per heavy atom. The van der Waals surface area contributed by atoms with E-state index in [1.807, 2.05) is 24.3 Å². The summed E-state index contributed by atoms with van der Waals surface area (Å²) in [5, 5.41) is 9.18. The second kappa shape index (κ2) is 6.20. The van der Waals surface area contributed by atoms with Crippen LogP contribution in [0.2, 0.25) is 0 Å². The summed E-state index contributed by atoms with van der Waals surface area (Å²) in [7, 11) is 1.71. The number of carbonyl (C=O) groups is 1. The number of likely N-dealkylation sites (N-methyl/N-ethyl adjacent to an activating group) is 1. The Bertz CT molecular complexity index is 349. The average molecular weight is 333 g/mol. The molecular formula is C12H16INO2. The largest absolute Gasteiger partial charge is 0.392 e. The van der Waals surface area contributed by atoms with E-state index in [0.29, 0.717) is 13.0 Å². The number of hydrogen-bond donors (Lipinski definition) is 1. The van der Waals surface area contributed by atoms with Gasteiger partial charge in [-0.1, -0.05) is 12.1 Å². The molecule has 0 heterocycles. The molecular weight excluding hydrogens is 317 g/mol. The lowest BCUT2D eigenvalue weighted by Gasteiger charge is -2.18. The number of hydrogen-bond acceptors (Lipinski definition) is 2. The van der Waals surface area contributed by atoms with Crippen LogP contribution in [0.25, 0.3) is 0 Å². The van der Waals surface area contributed by atoms with E-state index in [0.717, 1.165) is 9.13 Å². The quantitative estimate of drug-likeness (QED) is 0.852. The minimum atomic E-state index is -0.481. The molecule has 1 amide bonds. The molecule has 16 heavy (non-hydrogen) atoms. The van der Waals surface area contributed by atoms with Gasteiger partial charge in [-0.25, -0.2) is 0 Å². The fourth-order valence-corrected chi connectivity index (χ4v) is 1.77. The molecule has 88 valence electrons. The Balaban J connectivity index is 2.54. The van der Waals surface area contributed by atoms with Crippen LogP contribution in [0.1, 0.15) is 12.5 Å². The molecule has 4 heteroatoms. The Kier molecular flexibility index (Phi) is 5.21. The molecule has 1 rings (SSSR count). The fourth-order valence-electron chi connectivity index (χ4n) is 1.41. The fraction of sp³-hybridized carbons (Fsp3) is 0.417. The monoisotopic (exact) mass is 333 g/mol. The third kappa shape index (κ3) is 4.49. The number of benzene rings is 1. The SMILES string of the molecule is C[C@@H](O)CN(C)C(=O)Cc1ccc(I)cc1. The number of carbonyl (C=O) groups excluding carboxylic acids is 1. The lowest BCUT2D eigenvalue weighted by Crippen LogP contribution is -2.34. The molecule has 0 fully saturated rings. The van der Waals surface area contributed by atoms with Gasteiger partial charge in [-0.05, 0) is 47.2 Å². The second-order valence-electron chi connectivity index (χ2n) is 3.93. The Morgan fingerprint density at radius 1 is 1.44 bits per heavy atom. The van der Waals surface area contributed by atoms with E-state index in [9.17, 15) is 9.90 Å². The minimum Gasteiger partial charge on any atom is -0.392 e. The maximum Gasteiger partial charge on any atom is 0.226 e. The summed E-state index contributed by atoms with van der Waals surface area (Å²) in [5.74, 6) is 0.0297. The van der Waals surface area contributed by atoms with Gasteiger partial charge in [-0.2, -0.15) is 0 Å². The topological polar surface area (TPSA) is 40.5 Å². The summed E-state index contributed by atoms with van der Waals surface area (Å²) in [6.45, 7) is 2.05. The van der Waals surface area contributed by atoms with Gasteiger partial charge in [0.1, 0.15) is 0 Å². The van der Waals surface area contributed by atoms with Crippen molar-refractivity contribution < 1.29 is 9.90 Å². The van der Waals surface area contributed by atoms with Crippen LogP contribution in [0.3, 0.4) is 0 Å². The van der Waals surface area contributed by atoms with Crippen LogP contribution in [-0.4, -0.2) is 35.6 Å². The zero-order chi connectivity index (χ0) is 12.1. The van der Waals surface area contributed by atoms with Crippen molar-refractivity contribution in [2.45, 2.75) is 19.4 Å². The van der Waals surface area contributed by atoms with Gasteiger partial charge in [0.05, 0.1) is 12.5 Å². The Labute approximate surface area is 110 Å². The van der Waals surface area contributed by atoms with E-state index >= 15 is 0 Å². The van der Waals surface area contributed by atoms with E-state index in [-0.39, 0.29) is 5.91 Å². The summed E-state index contributed by atoms with van der Waals surface area (Å²) in [5.41, 5.74) is 1.00. The lowest BCUT2D eigenvalue weighted by atomic mass is 10.1. The Morgan fingerprint density at radius 2 is 2.00 bits per heavy atom. The second-order valence-corrected chi connectivity index (χ2v) is 5.17. The van der Waals surface area contributed by atoms with E-state index < -0.39 is 6.10 Å². The van der Waals surface area contributed by atoms with Crippen LogP contribution in [-0.2, 0) is 11.2 Å². The van der Waals surface area contributed by atoms with Crippen LogP contribution in [0.15, 0.2) is 24.3 Å². The van der Waals surface area contributed by atoms with Gasteiger partial charge in [0.25, 0.3) is 0 Å². The van der Waals surface area contributed by atoms with Crippen LogP contribution < -0.4 is 0 Å². The number of rotatable bonds is 4. The van der Waals surface area contributed by atoms with Crippen molar-refractivity contribution in [2.24, 2.45) is 0 Å². The molecule has 3 nitrogen and oxygen atoms in total. The van der Waals surface area contributed by atoms with Crippen LogP contribution in [0.4, 0.5) is 0 Å². The zero-order valence-corrected chi connectivity index (χ0v) is 11.6. The summed E-state index contributed by atoms with van der Waals surface area (Å²) in [6.07, 6.45) is -0.0918. The van der Waals surface area contributed by atoms with Crippen molar-refractivity contribution in [3.8, 4) is 0 Å². The molecule has 1 aromatic rings. The van der Waals surface area contributed by atoms with Crippen molar-refractivity contribution in [1.29, 1.82) is 0 Å². The molecule has 1 N–H and O–H groups in total. The minimum absolute atomic E-state index is 0.0297. The predicted molar refractivity (Wildman–Crippen MR) is 72.2 cm³/mol. The van der Waals surface area contributed by atoms with Crippen LogP contribution in [0, 0.1) is 3.57 Å². The molecule has 0 spiro atoms. The third-order valence-electron chi connectivity index (χ3n) is 2.23. The van der Waals surface area contributed by atoms with Gasteiger partial charge in [-0.15, -0.1) is 0 Å². The summed E-state index contributed by atoms with van der Waals surface area (Å²) in [6, 6.07) is 7.88. The molecule has 0 saturated heterocycles. The molecule has 0 aliphatic heterocycles. The molecule has 0 radical (unpaired) electrons. The van der Waals surface area contributed by atoms with E-state index in [4.69, 9.17) is 0 Å². The van der Waals surface area contributed by atoms with Crippen molar-refractivity contribution in [3.05, 3.63) is 33.4 Å². The molecule has 0 unspecified atom stereocenters. The van der Waals surface area contributed by atoms with Crippen molar-refractivity contribution >= 4 is 28.5 Å². The van der Waals surface area contributed by atoms with Crippen LogP contribution >= 0.6 is 22.6 Å². The first-order chi connectivity index (χ1) is 7.49. The highest BCUT2D eigenvalue weighted by atomic mass is 127.